The van der Waals surface area contributed by atoms with Crippen molar-refractivity contribution < 1.29 is 4.79 Å². The second kappa shape index (κ2) is 7.77. The lowest BCUT2D eigenvalue weighted by Gasteiger charge is -2.22. The zero-order chi connectivity index (χ0) is 16.4. The summed E-state index contributed by atoms with van der Waals surface area (Å²) in [5.41, 5.74) is 4.53. The van der Waals surface area contributed by atoms with Gasteiger partial charge < -0.3 is 10.6 Å². The van der Waals surface area contributed by atoms with Crippen molar-refractivity contribution in [1.29, 1.82) is 0 Å². The number of hydrogen-bond acceptors (Lipinski definition) is 4. The lowest BCUT2D eigenvalue weighted by Crippen LogP contribution is -2.29. The van der Waals surface area contributed by atoms with Crippen molar-refractivity contribution in [3.05, 3.63) is 40.7 Å². The Labute approximate surface area is 148 Å². The molecule has 2 heterocycles. The zero-order valence-electron chi connectivity index (χ0n) is 14.3. The number of halogens is 1. The minimum absolute atomic E-state index is 0. The molecule has 0 radical (unpaired) electrons. The maximum Gasteiger partial charge on any atom is 0.277 e. The molecule has 6 nitrogen and oxygen atoms in total. The average Bonchev–Trinajstić information content (AvgIpc) is 3.01. The molecule has 0 saturated carbocycles. The van der Waals surface area contributed by atoms with Gasteiger partial charge in [0.15, 0.2) is 5.69 Å². The van der Waals surface area contributed by atoms with E-state index in [0.29, 0.717) is 11.7 Å². The van der Waals surface area contributed by atoms with Crippen LogP contribution < -0.4 is 10.6 Å². The minimum atomic E-state index is -0.208. The van der Waals surface area contributed by atoms with Gasteiger partial charge in [0.1, 0.15) is 0 Å². The predicted molar refractivity (Wildman–Crippen MR) is 97.0 cm³/mol. The normalized spacial score (nSPS) is 15.0. The Kier molecular flexibility index (Phi) is 5.96. The summed E-state index contributed by atoms with van der Waals surface area (Å²) in [6.45, 7) is 8.01. The Morgan fingerprint density at radius 1 is 1.21 bits per heavy atom. The molecule has 1 aromatic carbocycles. The Morgan fingerprint density at radius 2 is 1.83 bits per heavy atom. The number of hydrogen-bond donors (Lipinski definition) is 2. The van der Waals surface area contributed by atoms with Crippen LogP contribution in [0.15, 0.2) is 18.3 Å². The van der Waals surface area contributed by atoms with E-state index >= 15 is 0 Å². The fourth-order valence-electron chi connectivity index (χ4n) is 3.19. The maximum absolute atomic E-state index is 12.5. The molecule has 7 heteroatoms. The van der Waals surface area contributed by atoms with E-state index in [1.807, 2.05) is 18.5 Å². The summed E-state index contributed by atoms with van der Waals surface area (Å²) in [5, 5.41) is 14.5. The van der Waals surface area contributed by atoms with Crippen LogP contribution in [-0.4, -0.2) is 34.0 Å². The molecule has 130 valence electrons. The zero-order valence-corrected chi connectivity index (χ0v) is 15.1. The van der Waals surface area contributed by atoms with Gasteiger partial charge in [-0.1, -0.05) is 22.9 Å². The van der Waals surface area contributed by atoms with E-state index in [1.54, 1.807) is 6.20 Å². The molecule has 1 saturated heterocycles. The quantitative estimate of drug-likeness (QED) is 0.893. The molecule has 3 rings (SSSR count). The summed E-state index contributed by atoms with van der Waals surface area (Å²) < 4.78 is 1.82. The van der Waals surface area contributed by atoms with Crippen molar-refractivity contribution in [2.45, 2.75) is 39.7 Å². The fourth-order valence-corrected chi connectivity index (χ4v) is 3.19. The van der Waals surface area contributed by atoms with Gasteiger partial charge in [-0.25, -0.2) is 4.68 Å². The molecule has 0 unspecified atom stereocenters. The summed E-state index contributed by atoms with van der Waals surface area (Å²) >= 11 is 0. The standard InChI is InChI=1S/C17H23N5O.ClH/c1-11-8-12(2)16(13(3)9-11)19-17(23)15-10-22(21-20-15)14-4-6-18-7-5-14;/h8-10,14,18H,4-7H2,1-3H3,(H,19,23);1H. The number of benzene rings is 1. The van der Waals surface area contributed by atoms with Crippen molar-refractivity contribution in [3.8, 4) is 0 Å². The topological polar surface area (TPSA) is 71.8 Å². The smallest absolute Gasteiger partial charge is 0.277 e. The highest BCUT2D eigenvalue weighted by Gasteiger charge is 2.19. The summed E-state index contributed by atoms with van der Waals surface area (Å²) in [7, 11) is 0. The lowest BCUT2D eigenvalue weighted by atomic mass is 10.1. The van der Waals surface area contributed by atoms with E-state index in [4.69, 9.17) is 0 Å². The van der Waals surface area contributed by atoms with Crippen LogP contribution >= 0.6 is 12.4 Å². The van der Waals surface area contributed by atoms with E-state index in [-0.39, 0.29) is 18.3 Å². The maximum atomic E-state index is 12.5. The van der Waals surface area contributed by atoms with Gasteiger partial charge in [-0.05, 0) is 57.8 Å². The highest BCUT2D eigenvalue weighted by Crippen LogP contribution is 2.23. The van der Waals surface area contributed by atoms with E-state index in [1.165, 1.54) is 5.56 Å². The number of amides is 1. The number of piperidine rings is 1. The third-order valence-electron chi connectivity index (χ3n) is 4.34. The summed E-state index contributed by atoms with van der Waals surface area (Å²) in [5.74, 6) is -0.208. The Balaban J connectivity index is 0.00000208. The average molecular weight is 350 g/mol. The van der Waals surface area contributed by atoms with Crippen molar-refractivity contribution in [2.75, 3.05) is 18.4 Å². The number of anilines is 1. The summed E-state index contributed by atoms with van der Waals surface area (Å²) in [4.78, 5) is 12.5. The van der Waals surface area contributed by atoms with Gasteiger partial charge in [0.2, 0.25) is 0 Å². The monoisotopic (exact) mass is 349 g/mol. The van der Waals surface area contributed by atoms with Crippen LogP contribution in [0.5, 0.6) is 0 Å². The van der Waals surface area contributed by atoms with Gasteiger partial charge in [0.05, 0.1) is 12.2 Å². The first-order valence-corrected chi connectivity index (χ1v) is 8.06. The second-order valence-electron chi connectivity index (χ2n) is 6.29. The molecular formula is C17H24ClN5O. The number of carbonyl (C=O) groups is 1. The van der Waals surface area contributed by atoms with Crippen molar-refractivity contribution in [3.63, 3.8) is 0 Å². The van der Waals surface area contributed by atoms with Crippen molar-refractivity contribution >= 4 is 24.0 Å². The van der Waals surface area contributed by atoms with Crippen LogP contribution in [0, 0.1) is 20.8 Å². The van der Waals surface area contributed by atoms with Gasteiger partial charge >= 0.3 is 0 Å². The number of aryl methyl sites for hydroxylation is 3. The SMILES string of the molecule is Cc1cc(C)c(NC(=O)c2cn(C3CCNCC3)nn2)c(C)c1.Cl. The number of nitrogens with zero attached hydrogens (tertiary/aromatic N) is 3. The van der Waals surface area contributed by atoms with Gasteiger partial charge in [-0.15, -0.1) is 17.5 Å². The fraction of sp³-hybridized carbons (Fsp3) is 0.471. The van der Waals surface area contributed by atoms with E-state index < -0.39 is 0 Å². The Bertz CT molecular complexity index is 699. The molecular weight excluding hydrogens is 326 g/mol. The largest absolute Gasteiger partial charge is 0.320 e. The number of aromatic nitrogens is 3. The molecule has 24 heavy (non-hydrogen) atoms. The molecule has 2 N–H and O–H groups in total. The third kappa shape index (κ3) is 3.94. The molecule has 1 aromatic heterocycles. The minimum Gasteiger partial charge on any atom is -0.320 e. The van der Waals surface area contributed by atoms with Crippen molar-refractivity contribution in [2.24, 2.45) is 0 Å². The van der Waals surface area contributed by atoms with Crippen LogP contribution in [0.3, 0.4) is 0 Å². The van der Waals surface area contributed by atoms with E-state index in [0.717, 1.165) is 42.7 Å². The molecule has 1 aliphatic heterocycles. The van der Waals surface area contributed by atoms with Crippen LogP contribution in [0.2, 0.25) is 0 Å². The molecule has 1 fully saturated rings. The van der Waals surface area contributed by atoms with Gasteiger partial charge in [-0.2, -0.15) is 0 Å². The number of rotatable bonds is 3. The number of carbonyl (C=O) groups excluding carboxylic acids is 1. The first-order chi connectivity index (χ1) is 11.0. The molecule has 1 aliphatic rings. The Morgan fingerprint density at radius 3 is 2.46 bits per heavy atom. The van der Waals surface area contributed by atoms with Crippen LogP contribution in [0.4, 0.5) is 5.69 Å². The molecule has 1 amide bonds. The van der Waals surface area contributed by atoms with Crippen LogP contribution in [0.25, 0.3) is 0 Å². The van der Waals surface area contributed by atoms with Crippen LogP contribution in [-0.2, 0) is 0 Å². The number of nitrogens with one attached hydrogen (secondary N) is 2. The van der Waals surface area contributed by atoms with Crippen LogP contribution in [0.1, 0.15) is 46.1 Å². The van der Waals surface area contributed by atoms with E-state index in [2.05, 4.69) is 40.0 Å². The third-order valence-corrected chi connectivity index (χ3v) is 4.34. The second-order valence-corrected chi connectivity index (χ2v) is 6.29. The van der Waals surface area contributed by atoms with E-state index in [9.17, 15) is 4.79 Å². The van der Waals surface area contributed by atoms with Gasteiger partial charge in [0, 0.05) is 5.69 Å². The molecule has 0 bridgehead atoms. The molecule has 2 aromatic rings. The molecule has 0 spiro atoms. The highest BCUT2D eigenvalue weighted by atomic mass is 35.5. The first-order valence-electron chi connectivity index (χ1n) is 8.06. The molecule has 0 atom stereocenters. The predicted octanol–water partition coefficient (Wildman–Crippen LogP) is 2.80. The first kappa shape index (κ1) is 18.4. The Hall–Kier alpha value is -1.92. The van der Waals surface area contributed by atoms with Gasteiger partial charge in [-0.3, -0.25) is 4.79 Å². The highest BCUT2D eigenvalue weighted by molar-refractivity contribution is 6.03. The lowest BCUT2D eigenvalue weighted by molar-refractivity contribution is 0.102. The summed E-state index contributed by atoms with van der Waals surface area (Å²) in [6.07, 6.45) is 3.78. The van der Waals surface area contributed by atoms with Gasteiger partial charge in [0.25, 0.3) is 5.91 Å². The molecule has 0 aliphatic carbocycles. The summed E-state index contributed by atoms with van der Waals surface area (Å²) in [6, 6.07) is 4.45. The van der Waals surface area contributed by atoms with Crippen molar-refractivity contribution in [1.82, 2.24) is 20.3 Å².